The number of piperazine rings is 1. The zero-order valence-electron chi connectivity index (χ0n) is 15.5. The number of rotatable bonds is 6. The first-order chi connectivity index (χ1) is 11.5. The van der Waals surface area contributed by atoms with Crippen molar-refractivity contribution in [2.24, 2.45) is 0 Å². The molecule has 0 atom stereocenters. The molecule has 1 aliphatic heterocycles. The summed E-state index contributed by atoms with van der Waals surface area (Å²) in [7, 11) is 8.19. The molecule has 0 aliphatic carbocycles. The van der Waals surface area contributed by atoms with E-state index in [1.807, 2.05) is 33.1 Å². The van der Waals surface area contributed by atoms with Gasteiger partial charge in [-0.2, -0.15) is 0 Å². The van der Waals surface area contributed by atoms with Gasteiger partial charge < -0.3 is 24.9 Å². The molecule has 1 aromatic carbocycles. The summed E-state index contributed by atoms with van der Waals surface area (Å²) in [6, 6.07) is 8.66. The molecule has 0 bridgehead atoms. The van der Waals surface area contributed by atoms with Crippen molar-refractivity contribution in [3.8, 4) is 0 Å². The van der Waals surface area contributed by atoms with E-state index in [0.717, 1.165) is 45.7 Å². The molecule has 24 heavy (non-hydrogen) atoms. The average Bonchev–Trinajstić information content (AvgIpc) is 2.58. The Morgan fingerprint density at radius 2 is 1.67 bits per heavy atom. The van der Waals surface area contributed by atoms with Gasteiger partial charge in [-0.15, -0.1) is 0 Å². The van der Waals surface area contributed by atoms with Gasteiger partial charge in [0.1, 0.15) is 0 Å². The van der Waals surface area contributed by atoms with Crippen LogP contribution in [0.25, 0.3) is 0 Å². The molecular weight excluding hydrogens is 302 g/mol. The highest BCUT2D eigenvalue weighted by Gasteiger charge is 2.20. The van der Waals surface area contributed by atoms with Crippen LogP contribution in [0.4, 0.5) is 16.2 Å². The van der Waals surface area contributed by atoms with Crippen molar-refractivity contribution in [2.75, 3.05) is 77.3 Å². The smallest absolute Gasteiger partial charge is 0.317 e. The van der Waals surface area contributed by atoms with Crippen molar-refractivity contribution in [3.05, 3.63) is 24.3 Å². The molecule has 0 saturated carbocycles. The van der Waals surface area contributed by atoms with E-state index < -0.39 is 0 Å². The minimum absolute atomic E-state index is 0.0661. The van der Waals surface area contributed by atoms with Gasteiger partial charge in [-0.1, -0.05) is 0 Å². The first-order valence-electron chi connectivity index (χ1n) is 8.67. The fraction of sp³-hybridized carbons (Fsp3) is 0.611. The third kappa shape index (κ3) is 5.30. The van der Waals surface area contributed by atoms with E-state index in [2.05, 4.69) is 44.3 Å². The highest BCUT2D eigenvalue weighted by Crippen LogP contribution is 2.20. The molecular formula is C18H31N5O. The van der Waals surface area contributed by atoms with Gasteiger partial charge in [-0.3, -0.25) is 0 Å². The molecule has 0 aromatic heterocycles. The molecule has 0 radical (unpaired) electrons. The average molecular weight is 333 g/mol. The summed E-state index contributed by atoms with van der Waals surface area (Å²) < 4.78 is 0. The first-order valence-corrected chi connectivity index (χ1v) is 8.67. The number of hydrogen-bond donors (Lipinski definition) is 1. The molecule has 0 unspecified atom stereocenters. The largest absolute Gasteiger partial charge is 0.378 e. The molecule has 2 rings (SSSR count). The number of carbonyl (C=O) groups excluding carboxylic acids is 1. The second kappa shape index (κ2) is 8.78. The topological polar surface area (TPSA) is 42.1 Å². The van der Waals surface area contributed by atoms with E-state index in [4.69, 9.17) is 0 Å². The summed E-state index contributed by atoms with van der Waals surface area (Å²) in [6.07, 6.45) is 0.983. The van der Waals surface area contributed by atoms with E-state index in [1.54, 1.807) is 0 Å². The number of carbonyl (C=O) groups is 1. The van der Waals surface area contributed by atoms with E-state index >= 15 is 0 Å². The normalized spacial score (nSPS) is 14.9. The fourth-order valence-electron chi connectivity index (χ4n) is 2.83. The third-order valence-electron chi connectivity index (χ3n) is 4.36. The van der Waals surface area contributed by atoms with E-state index in [0.29, 0.717) is 0 Å². The van der Waals surface area contributed by atoms with Crippen molar-refractivity contribution in [1.29, 1.82) is 0 Å². The van der Waals surface area contributed by atoms with Crippen molar-refractivity contribution in [2.45, 2.75) is 6.42 Å². The maximum absolute atomic E-state index is 12.2. The molecule has 2 amide bonds. The zero-order valence-corrected chi connectivity index (χ0v) is 15.5. The molecule has 1 aliphatic rings. The molecule has 134 valence electrons. The molecule has 6 nitrogen and oxygen atoms in total. The highest BCUT2D eigenvalue weighted by molar-refractivity contribution is 5.74. The Balaban J connectivity index is 1.75. The van der Waals surface area contributed by atoms with Gasteiger partial charge in [0, 0.05) is 58.2 Å². The third-order valence-corrected chi connectivity index (χ3v) is 4.36. The predicted octanol–water partition coefficient (Wildman–Crippen LogP) is 1.54. The van der Waals surface area contributed by atoms with E-state index in [9.17, 15) is 4.79 Å². The summed E-state index contributed by atoms with van der Waals surface area (Å²) in [5.74, 6) is 0. The number of urea groups is 1. The van der Waals surface area contributed by atoms with Gasteiger partial charge >= 0.3 is 6.03 Å². The molecule has 1 N–H and O–H groups in total. The lowest BCUT2D eigenvalue weighted by Crippen LogP contribution is -2.52. The van der Waals surface area contributed by atoms with Crippen molar-refractivity contribution >= 4 is 17.4 Å². The SMILES string of the molecule is CN(C)CCCNC(=O)N1CCN(c2ccc(N(C)C)cc2)CC1. The summed E-state index contributed by atoms with van der Waals surface area (Å²) >= 11 is 0. The fourth-order valence-corrected chi connectivity index (χ4v) is 2.83. The Bertz CT molecular complexity index is 507. The Morgan fingerprint density at radius 1 is 1.04 bits per heavy atom. The van der Waals surface area contributed by atoms with Gasteiger partial charge in [0.05, 0.1) is 0 Å². The van der Waals surface area contributed by atoms with Crippen LogP contribution in [0, 0.1) is 0 Å². The summed E-state index contributed by atoms with van der Waals surface area (Å²) in [5.41, 5.74) is 2.43. The van der Waals surface area contributed by atoms with Crippen LogP contribution >= 0.6 is 0 Å². The Kier molecular flexibility index (Phi) is 6.73. The molecule has 6 heteroatoms. The van der Waals surface area contributed by atoms with Crippen LogP contribution in [0.15, 0.2) is 24.3 Å². The summed E-state index contributed by atoms with van der Waals surface area (Å²) in [5, 5.41) is 3.02. The second-order valence-corrected chi connectivity index (χ2v) is 6.77. The van der Waals surface area contributed by atoms with Crippen LogP contribution in [0.1, 0.15) is 6.42 Å². The first kappa shape index (κ1) is 18.4. The standard InChI is InChI=1S/C18H31N5O/c1-20(2)11-5-10-19-18(24)23-14-12-22(13-15-23)17-8-6-16(7-9-17)21(3)4/h6-9H,5,10-15H2,1-4H3,(H,19,24). The maximum Gasteiger partial charge on any atom is 0.317 e. The van der Waals surface area contributed by atoms with E-state index in [1.165, 1.54) is 11.4 Å². The van der Waals surface area contributed by atoms with Crippen LogP contribution in [0.2, 0.25) is 0 Å². The molecule has 1 saturated heterocycles. The number of hydrogen-bond acceptors (Lipinski definition) is 4. The summed E-state index contributed by atoms with van der Waals surface area (Å²) in [6.45, 7) is 5.04. The minimum Gasteiger partial charge on any atom is -0.378 e. The lowest BCUT2D eigenvalue weighted by molar-refractivity contribution is 0.194. The lowest BCUT2D eigenvalue weighted by Gasteiger charge is -2.36. The quantitative estimate of drug-likeness (QED) is 0.802. The van der Waals surface area contributed by atoms with E-state index in [-0.39, 0.29) is 6.03 Å². The van der Waals surface area contributed by atoms with Gasteiger partial charge in [0.25, 0.3) is 0 Å². The number of benzene rings is 1. The number of nitrogens with zero attached hydrogens (tertiary/aromatic N) is 4. The summed E-state index contributed by atoms with van der Waals surface area (Å²) in [4.78, 5) is 20.7. The molecule has 1 aromatic rings. The molecule has 0 spiro atoms. The molecule has 1 fully saturated rings. The minimum atomic E-state index is 0.0661. The second-order valence-electron chi connectivity index (χ2n) is 6.77. The molecule has 1 heterocycles. The van der Waals surface area contributed by atoms with Crippen molar-refractivity contribution in [1.82, 2.24) is 15.1 Å². The number of amides is 2. The van der Waals surface area contributed by atoms with Crippen molar-refractivity contribution in [3.63, 3.8) is 0 Å². The lowest BCUT2D eigenvalue weighted by atomic mass is 10.2. The predicted molar refractivity (Wildman–Crippen MR) is 101 cm³/mol. The Labute approximate surface area is 146 Å². The van der Waals surface area contributed by atoms with Crippen LogP contribution in [-0.2, 0) is 0 Å². The number of nitrogens with one attached hydrogen (secondary N) is 1. The number of anilines is 2. The van der Waals surface area contributed by atoms with Gasteiger partial charge in [0.15, 0.2) is 0 Å². The zero-order chi connectivity index (χ0) is 17.5. The van der Waals surface area contributed by atoms with Crippen LogP contribution in [-0.4, -0.2) is 83.3 Å². The van der Waals surface area contributed by atoms with Crippen LogP contribution in [0.5, 0.6) is 0 Å². The maximum atomic E-state index is 12.2. The van der Waals surface area contributed by atoms with Gasteiger partial charge in [-0.05, 0) is 51.3 Å². The van der Waals surface area contributed by atoms with Crippen LogP contribution in [0.3, 0.4) is 0 Å². The van der Waals surface area contributed by atoms with Crippen molar-refractivity contribution < 1.29 is 4.79 Å². The Morgan fingerprint density at radius 3 is 2.21 bits per heavy atom. The van der Waals surface area contributed by atoms with Crippen LogP contribution < -0.4 is 15.1 Å². The monoisotopic (exact) mass is 333 g/mol. The van der Waals surface area contributed by atoms with Gasteiger partial charge in [-0.25, -0.2) is 4.79 Å². The van der Waals surface area contributed by atoms with Gasteiger partial charge in [0.2, 0.25) is 0 Å². The Hall–Kier alpha value is -1.95. The highest BCUT2D eigenvalue weighted by atomic mass is 16.2.